The number of rotatable bonds is 5. The van der Waals surface area contributed by atoms with Crippen LogP contribution >= 0.6 is 27.3 Å². The van der Waals surface area contributed by atoms with Crippen LogP contribution in [0, 0.1) is 0 Å². The van der Waals surface area contributed by atoms with Crippen LogP contribution < -0.4 is 5.32 Å². The number of urea groups is 1. The Labute approximate surface area is 153 Å². The predicted molar refractivity (Wildman–Crippen MR) is 97.3 cm³/mol. The second-order valence-corrected chi connectivity index (χ2v) is 7.14. The summed E-state index contributed by atoms with van der Waals surface area (Å²) in [5.41, 5.74) is 0.970. The summed E-state index contributed by atoms with van der Waals surface area (Å²) in [5, 5.41) is 5.17. The van der Waals surface area contributed by atoms with Gasteiger partial charge in [0.05, 0.1) is 13.7 Å². The monoisotopic (exact) mass is 411 g/mol. The Bertz CT molecular complexity index is 716. The average Bonchev–Trinajstić information content (AvgIpc) is 3.02. The van der Waals surface area contributed by atoms with Crippen molar-refractivity contribution in [3.8, 4) is 0 Å². The number of nitrogens with one attached hydrogen (secondary N) is 1. The van der Waals surface area contributed by atoms with Gasteiger partial charge in [0.25, 0.3) is 0 Å². The molecule has 1 heterocycles. The lowest BCUT2D eigenvalue weighted by atomic mass is 10.3. The molecule has 24 heavy (non-hydrogen) atoms. The smallest absolute Gasteiger partial charge is 0.357 e. The summed E-state index contributed by atoms with van der Waals surface area (Å²) < 4.78 is 5.59. The van der Waals surface area contributed by atoms with Crippen LogP contribution in [0.3, 0.4) is 0 Å². The number of methoxy groups -OCH3 is 1. The lowest BCUT2D eigenvalue weighted by Crippen LogP contribution is -2.39. The molecule has 0 atom stereocenters. The van der Waals surface area contributed by atoms with Crippen molar-refractivity contribution in [1.29, 1.82) is 0 Å². The zero-order valence-corrected chi connectivity index (χ0v) is 16.0. The number of hydrogen-bond acceptors (Lipinski definition) is 5. The summed E-state index contributed by atoms with van der Waals surface area (Å²) in [6, 6.07) is 7.11. The van der Waals surface area contributed by atoms with Gasteiger partial charge in [-0.2, -0.15) is 0 Å². The van der Waals surface area contributed by atoms with E-state index in [9.17, 15) is 9.59 Å². The molecule has 0 aliphatic rings. The van der Waals surface area contributed by atoms with E-state index < -0.39 is 5.97 Å². The van der Waals surface area contributed by atoms with Crippen LogP contribution in [0.2, 0.25) is 0 Å². The number of carbonyl (C=O) groups excluding carboxylic acids is 2. The molecule has 2 rings (SSSR count). The molecule has 0 saturated carbocycles. The summed E-state index contributed by atoms with van der Waals surface area (Å²) in [5.74, 6) is -0.479. The molecule has 2 aromatic rings. The van der Waals surface area contributed by atoms with Gasteiger partial charge in [0.15, 0.2) is 5.69 Å². The van der Waals surface area contributed by atoms with Crippen LogP contribution in [0.25, 0.3) is 0 Å². The van der Waals surface area contributed by atoms with Gasteiger partial charge in [-0.15, -0.1) is 11.3 Å². The number of thiazole rings is 1. The Kier molecular flexibility index (Phi) is 6.33. The highest BCUT2D eigenvalue weighted by Gasteiger charge is 2.20. The average molecular weight is 412 g/mol. The first-order valence-corrected chi connectivity index (χ1v) is 8.94. The number of amides is 2. The maximum absolute atomic E-state index is 12.5. The first-order chi connectivity index (χ1) is 11.4. The van der Waals surface area contributed by atoms with Crippen molar-refractivity contribution in [2.75, 3.05) is 12.4 Å². The molecule has 0 radical (unpaired) electrons. The number of halogens is 1. The van der Waals surface area contributed by atoms with Gasteiger partial charge in [0.1, 0.15) is 5.01 Å². The number of nitrogens with zero attached hydrogens (tertiary/aromatic N) is 2. The van der Waals surface area contributed by atoms with E-state index in [0.717, 1.165) is 4.47 Å². The second kappa shape index (κ2) is 8.25. The molecule has 0 aliphatic heterocycles. The molecule has 128 valence electrons. The van der Waals surface area contributed by atoms with Gasteiger partial charge in [-0.25, -0.2) is 14.6 Å². The molecule has 1 aromatic heterocycles. The molecule has 8 heteroatoms. The minimum Gasteiger partial charge on any atom is -0.464 e. The normalized spacial score (nSPS) is 10.5. The summed E-state index contributed by atoms with van der Waals surface area (Å²) >= 11 is 4.69. The molecular formula is C16H18BrN3O3S. The highest BCUT2D eigenvalue weighted by molar-refractivity contribution is 9.10. The van der Waals surface area contributed by atoms with Gasteiger partial charge in [0, 0.05) is 21.6 Å². The predicted octanol–water partition coefficient (Wildman–Crippen LogP) is 4.13. The highest BCUT2D eigenvalue weighted by Crippen LogP contribution is 2.18. The fraction of sp³-hybridized carbons (Fsp3) is 0.312. The Morgan fingerprint density at radius 3 is 2.58 bits per heavy atom. The maximum Gasteiger partial charge on any atom is 0.357 e. The molecule has 1 N–H and O–H groups in total. The van der Waals surface area contributed by atoms with E-state index in [1.54, 1.807) is 10.3 Å². The van der Waals surface area contributed by atoms with Crippen LogP contribution in [0.1, 0.15) is 29.3 Å². The number of aromatic nitrogens is 1. The van der Waals surface area contributed by atoms with Crippen molar-refractivity contribution in [2.45, 2.75) is 26.4 Å². The molecule has 0 unspecified atom stereocenters. The Hall–Kier alpha value is -1.93. The fourth-order valence-corrected chi connectivity index (χ4v) is 2.97. The Morgan fingerprint density at radius 2 is 2.00 bits per heavy atom. The topological polar surface area (TPSA) is 71.5 Å². The van der Waals surface area contributed by atoms with Crippen LogP contribution in [-0.4, -0.2) is 35.0 Å². The molecule has 2 amide bonds. The van der Waals surface area contributed by atoms with Crippen molar-refractivity contribution in [2.24, 2.45) is 0 Å². The SMILES string of the molecule is COC(=O)c1csc(CN(C(=O)Nc2ccc(Br)cc2)C(C)C)n1. The van der Waals surface area contributed by atoms with Crippen molar-refractivity contribution in [1.82, 2.24) is 9.88 Å². The maximum atomic E-state index is 12.5. The van der Waals surface area contributed by atoms with Crippen LogP contribution in [0.5, 0.6) is 0 Å². The molecule has 0 fully saturated rings. The van der Waals surface area contributed by atoms with E-state index >= 15 is 0 Å². The van der Waals surface area contributed by atoms with Crippen LogP contribution in [0.4, 0.5) is 10.5 Å². The molecule has 1 aromatic carbocycles. The molecule has 0 aliphatic carbocycles. The second-order valence-electron chi connectivity index (χ2n) is 5.28. The summed E-state index contributed by atoms with van der Waals surface area (Å²) in [7, 11) is 1.31. The van der Waals surface area contributed by atoms with E-state index in [4.69, 9.17) is 0 Å². The highest BCUT2D eigenvalue weighted by atomic mass is 79.9. The molecule has 0 bridgehead atoms. The Balaban J connectivity index is 2.08. The van der Waals surface area contributed by atoms with Gasteiger partial charge in [-0.1, -0.05) is 15.9 Å². The van der Waals surface area contributed by atoms with Crippen molar-refractivity contribution >= 4 is 45.0 Å². The zero-order valence-electron chi connectivity index (χ0n) is 13.6. The number of hydrogen-bond donors (Lipinski definition) is 1. The minimum absolute atomic E-state index is 0.0223. The van der Waals surface area contributed by atoms with E-state index in [-0.39, 0.29) is 17.8 Å². The van der Waals surface area contributed by atoms with E-state index in [1.807, 2.05) is 38.1 Å². The quantitative estimate of drug-likeness (QED) is 0.750. The molecular weight excluding hydrogens is 394 g/mol. The third kappa shape index (κ3) is 4.78. The number of carbonyl (C=O) groups is 2. The first-order valence-electron chi connectivity index (χ1n) is 7.26. The van der Waals surface area contributed by atoms with Gasteiger partial charge in [0.2, 0.25) is 0 Å². The van der Waals surface area contributed by atoms with Gasteiger partial charge in [-0.05, 0) is 38.1 Å². The summed E-state index contributed by atoms with van der Waals surface area (Å²) in [6.07, 6.45) is 0. The first kappa shape index (κ1) is 18.4. The fourth-order valence-electron chi connectivity index (χ4n) is 1.94. The minimum atomic E-state index is -0.479. The number of benzene rings is 1. The third-order valence-electron chi connectivity index (χ3n) is 3.23. The molecule has 0 saturated heterocycles. The van der Waals surface area contributed by atoms with Crippen molar-refractivity contribution in [3.05, 3.63) is 44.8 Å². The van der Waals surface area contributed by atoms with Crippen molar-refractivity contribution in [3.63, 3.8) is 0 Å². The molecule has 0 spiro atoms. The Morgan fingerprint density at radius 1 is 1.33 bits per heavy atom. The standard InChI is InChI=1S/C16H18BrN3O3S/c1-10(2)20(8-14-19-13(9-24-14)15(21)23-3)16(22)18-12-6-4-11(17)5-7-12/h4-7,9-10H,8H2,1-3H3,(H,18,22). The number of esters is 1. The van der Waals surface area contributed by atoms with Gasteiger partial charge in [-0.3, -0.25) is 0 Å². The summed E-state index contributed by atoms with van der Waals surface area (Å²) in [4.78, 5) is 29.9. The van der Waals surface area contributed by atoms with Crippen molar-refractivity contribution < 1.29 is 14.3 Å². The van der Waals surface area contributed by atoms with Crippen LogP contribution in [0.15, 0.2) is 34.1 Å². The summed E-state index contributed by atoms with van der Waals surface area (Å²) in [6.45, 7) is 4.17. The lowest BCUT2D eigenvalue weighted by Gasteiger charge is -2.26. The number of anilines is 1. The third-order valence-corrected chi connectivity index (χ3v) is 4.59. The molecule has 6 nitrogen and oxygen atoms in total. The number of ether oxygens (including phenoxy) is 1. The van der Waals surface area contributed by atoms with Gasteiger partial charge >= 0.3 is 12.0 Å². The van der Waals surface area contributed by atoms with E-state index in [0.29, 0.717) is 17.2 Å². The lowest BCUT2D eigenvalue weighted by molar-refractivity contribution is 0.0594. The van der Waals surface area contributed by atoms with Crippen LogP contribution in [-0.2, 0) is 11.3 Å². The zero-order chi connectivity index (χ0) is 17.7. The van der Waals surface area contributed by atoms with Gasteiger partial charge < -0.3 is 15.0 Å². The largest absolute Gasteiger partial charge is 0.464 e. The van der Waals surface area contributed by atoms with E-state index in [1.165, 1.54) is 18.4 Å². The van der Waals surface area contributed by atoms with E-state index in [2.05, 4.69) is 31.0 Å².